The number of urea groups is 1. The molecule has 2 rings (SSSR count). The summed E-state index contributed by atoms with van der Waals surface area (Å²) in [7, 11) is 0. The van der Waals surface area contributed by atoms with E-state index in [2.05, 4.69) is 17.6 Å². The molecule has 1 unspecified atom stereocenters. The van der Waals surface area contributed by atoms with Gasteiger partial charge in [-0.25, -0.2) is 9.59 Å². The number of benzene rings is 1. The predicted octanol–water partition coefficient (Wildman–Crippen LogP) is 4.09. The lowest BCUT2D eigenvalue weighted by Gasteiger charge is -2.28. The highest BCUT2D eigenvalue weighted by Gasteiger charge is 2.33. The Labute approximate surface area is 147 Å². The van der Waals surface area contributed by atoms with Crippen molar-refractivity contribution in [3.05, 3.63) is 46.1 Å². The van der Waals surface area contributed by atoms with Crippen molar-refractivity contribution in [1.29, 1.82) is 0 Å². The number of rotatable bonds is 7. The maximum Gasteiger partial charge on any atom is 0.338 e. The van der Waals surface area contributed by atoms with Crippen molar-refractivity contribution >= 4 is 23.6 Å². The first-order chi connectivity index (χ1) is 11.5. The number of carbonyl (C=O) groups is 2. The highest BCUT2D eigenvalue weighted by molar-refractivity contribution is 6.31. The van der Waals surface area contributed by atoms with Gasteiger partial charge in [-0.3, -0.25) is 0 Å². The number of ether oxygens (including phenoxy) is 1. The highest BCUT2D eigenvalue weighted by atomic mass is 35.5. The van der Waals surface area contributed by atoms with Gasteiger partial charge in [0.1, 0.15) is 0 Å². The summed E-state index contributed by atoms with van der Waals surface area (Å²) in [5.41, 5.74) is 1.55. The quantitative estimate of drug-likeness (QED) is 0.575. The summed E-state index contributed by atoms with van der Waals surface area (Å²) in [5, 5.41) is 5.87. The maximum absolute atomic E-state index is 12.5. The Hall–Kier alpha value is -2.01. The average Bonchev–Trinajstić information content (AvgIpc) is 2.54. The molecule has 6 heteroatoms. The van der Waals surface area contributed by atoms with Crippen LogP contribution in [0, 0.1) is 0 Å². The minimum Gasteiger partial charge on any atom is -0.462 e. The van der Waals surface area contributed by atoms with Gasteiger partial charge in [0.2, 0.25) is 0 Å². The van der Waals surface area contributed by atoms with Crippen molar-refractivity contribution in [3.63, 3.8) is 0 Å². The molecule has 1 aromatic carbocycles. The number of unbranched alkanes of at least 4 members (excludes halogenated alkanes) is 3. The lowest BCUT2D eigenvalue weighted by molar-refractivity contribution is -0.139. The van der Waals surface area contributed by atoms with E-state index in [1.165, 1.54) is 0 Å². The van der Waals surface area contributed by atoms with Gasteiger partial charge in [0, 0.05) is 10.7 Å². The monoisotopic (exact) mass is 350 g/mol. The zero-order chi connectivity index (χ0) is 17.5. The molecule has 0 fully saturated rings. The fourth-order valence-corrected chi connectivity index (χ4v) is 2.92. The standard InChI is InChI=1S/C18H23ClN2O3/c1-3-4-5-8-11-24-17(22)15-12(2)20-18(23)21-16(15)13-9-6-7-10-14(13)19/h6-7,9-10,16H,3-5,8,11H2,1-2H3,(H2,20,21,23). The molecule has 1 heterocycles. The highest BCUT2D eigenvalue weighted by Crippen LogP contribution is 2.31. The van der Waals surface area contributed by atoms with Crippen molar-refractivity contribution in [2.45, 2.75) is 45.6 Å². The van der Waals surface area contributed by atoms with Gasteiger partial charge < -0.3 is 15.4 Å². The Balaban J connectivity index is 2.17. The molecule has 0 bridgehead atoms. The summed E-state index contributed by atoms with van der Waals surface area (Å²) < 4.78 is 5.39. The van der Waals surface area contributed by atoms with Crippen LogP contribution in [0.3, 0.4) is 0 Å². The van der Waals surface area contributed by atoms with Crippen LogP contribution in [0.5, 0.6) is 0 Å². The number of hydrogen-bond donors (Lipinski definition) is 2. The second-order valence-electron chi connectivity index (χ2n) is 5.79. The number of carbonyl (C=O) groups excluding carboxylic acids is 2. The number of esters is 1. The van der Waals surface area contributed by atoms with Crippen LogP contribution in [0.25, 0.3) is 0 Å². The van der Waals surface area contributed by atoms with E-state index in [1.54, 1.807) is 25.1 Å². The van der Waals surface area contributed by atoms with E-state index in [-0.39, 0.29) is 6.03 Å². The Morgan fingerprint density at radius 2 is 2.00 bits per heavy atom. The van der Waals surface area contributed by atoms with Crippen molar-refractivity contribution in [3.8, 4) is 0 Å². The van der Waals surface area contributed by atoms with Gasteiger partial charge in [0.25, 0.3) is 0 Å². The molecule has 1 aliphatic heterocycles. The topological polar surface area (TPSA) is 67.4 Å². The molecule has 1 aliphatic rings. The van der Waals surface area contributed by atoms with Crippen LogP contribution in [-0.4, -0.2) is 18.6 Å². The largest absolute Gasteiger partial charge is 0.462 e. The summed E-state index contributed by atoms with van der Waals surface area (Å²) in [6.45, 7) is 4.19. The predicted molar refractivity (Wildman–Crippen MR) is 93.7 cm³/mol. The van der Waals surface area contributed by atoms with E-state index in [0.29, 0.717) is 28.5 Å². The fraction of sp³-hybridized carbons (Fsp3) is 0.444. The minimum atomic E-state index is -0.615. The van der Waals surface area contributed by atoms with Crippen molar-refractivity contribution in [2.24, 2.45) is 0 Å². The van der Waals surface area contributed by atoms with Crippen LogP contribution < -0.4 is 10.6 Å². The molecule has 1 aromatic rings. The average molecular weight is 351 g/mol. The molecule has 0 aliphatic carbocycles. The Morgan fingerprint density at radius 3 is 2.71 bits per heavy atom. The lowest BCUT2D eigenvalue weighted by atomic mass is 9.95. The number of amides is 2. The molecule has 2 amide bonds. The summed E-state index contributed by atoms with van der Waals surface area (Å²) in [6, 6.07) is 6.16. The van der Waals surface area contributed by atoms with E-state index in [4.69, 9.17) is 16.3 Å². The van der Waals surface area contributed by atoms with Crippen molar-refractivity contribution < 1.29 is 14.3 Å². The second-order valence-corrected chi connectivity index (χ2v) is 6.20. The van der Waals surface area contributed by atoms with Gasteiger partial charge in [-0.1, -0.05) is 56.0 Å². The smallest absolute Gasteiger partial charge is 0.338 e. The number of hydrogen-bond acceptors (Lipinski definition) is 3. The molecule has 5 nitrogen and oxygen atoms in total. The van der Waals surface area contributed by atoms with Crippen molar-refractivity contribution in [2.75, 3.05) is 6.61 Å². The Bertz CT molecular complexity index is 643. The number of nitrogens with one attached hydrogen (secondary N) is 2. The molecule has 0 saturated heterocycles. The Kier molecular flexibility index (Phi) is 6.67. The van der Waals surface area contributed by atoms with Crippen molar-refractivity contribution in [1.82, 2.24) is 10.6 Å². The second kappa shape index (κ2) is 8.73. The Morgan fingerprint density at radius 1 is 1.25 bits per heavy atom. The third-order valence-electron chi connectivity index (χ3n) is 3.94. The molecule has 0 spiro atoms. The van der Waals surface area contributed by atoms with Gasteiger partial charge in [0.05, 0.1) is 18.2 Å². The van der Waals surface area contributed by atoms with Gasteiger partial charge >= 0.3 is 12.0 Å². The molecule has 0 radical (unpaired) electrons. The van der Waals surface area contributed by atoms with E-state index >= 15 is 0 Å². The van der Waals surface area contributed by atoms with E-state index < -0.39 is 12.0 Å². The summed E-state index contributed by atoms with van der Waals surface area (Å²) in [5.74, 6) is -0.429. The minimum absolute atomic E-state index is 0.364. The molecular formula is C18H23ClN2O3. The van der Waals surface area contributed by atoms with Gasteiger partial charge in [-0.2, -0.15) is 0 Å². The summed E-state index contributed by atoms with van der Waals surface area (Å²) in [4.78, 5) is 24.3. The molecule has 24 heavy (non-hydrogen) atoms. The zero-order valence-corrected chi connectivity index (χ0v) is 14.8. The van der Waals surface area contributed by atoms with Crippen LogP contribution >= 0.6 is 11.6 Å². The molecule has 2 N–H and O–H groups in total. The third-order valence-corrected chi connectivity index (χ3v) is 4.28. The lowest BCUT2D eigenvalue weighted by Crippen LogP contribution is -2.45. The zero-order valence-electron chi connectivity index (χ0n) is 14.0. The third kappa shape index (κ3) is 4.51. The van der Waals surface area contributed by atoms with Crippen LogP contribution in [0.1, 0.15) is 51.1 Å². The van der Waals surface area contributed by atoms with Gasteiger partial charge in [0.15, 0.2) is 0 Å². The van der Waals surface area contributed by atoms with E-state index in [0.717, 1.165) is 25.7 Å². The van der Waals surface area contributed by atoms with Gasteiger partial charge in [-0.05, 0) is 25.0 Å². The number of halogens is 1. The SMILES string of the molecule is CCCCCCOC(=O)C1=C(C)NC(=O)NC1c1ccccc1Cl. The molecular weight excluding hydrogens is 328 g/mol. The summed E-state index contributed by atoms with van der Waals surface area (Å²) in [6.07, 6.45) is 4.12. The van der Waals surface area contributed by atoms with Crippen LogP contribution in [0.2, 0.25) is 5.02 Å². The number of allylic oxidation sites excluding steroid dienone is 1. The summed E-state index contributed by atoms with van der Waals surface area (Å²) >= 11 is 6.24. The molecule has 0 saturated carbocycles. The molecule has 130 valence electrons. The first-order valence-corrected chi connectivity index (χ1v) is 8.62. The maximum atomic E-state index is 12.5. The van der Waals surface area contributed by atoms with E-state index in [1.807, 2.05) is 6.07 Å². The molecule has 0 aromatic heterocycles. The van der Waals surface area contributed by atoms with Crippen LogP contribution in [0.15, 0.2) is 35.5 Å². The normalized spacial score (nSPS) is 17.3. The van der Waals surface area contributed by atoms with Gasteiger partial charge in [-0.15, -0.1) is 0 Å². The van der Waals surface area contributed by atoms with E-state index in [9.17, 15) is 9.59 Å². The first-order valence-electron chi connectivity index (χ1n) is 8.24. The fourth-order valence-electron chi connectivity index (χ4n) is 2.68. The van der Waals surface area contributed by atoms with Crippen LogP contribution in [0.4, 0.5) is 4.79 Å². The first kappa shape index (κ1) is 18.3. The molecule has 1 atom stereocenters. The van der Waals surface area contributed by atoms with Crippen LogP contribution in [-0.2, 0) is 9.53 Å².